The van der Waals surface area contributed by atoms with Crippen LogP contribution >= 0.6 is 0 Å². The van der Waals surface area contributed by atoms with E-state index in [1.54, 1.807) is 13.2 Å². The predicted octanol–water partition coefficient (Wildman–Crippen LogP) is 2.46. The number of nitriles is 1. The Hall–Kier alpha value is -2.57. The van der Waals surface area contributed by atoms with Crippen LogP contribution in [0.4, 0.5) is 0 Å². The number of hydrogen-bond acceptors (Lipinski definition) is 9. The molecule has 0 bridgehead atoms. The van der Waals surface area contributed by atoms with Gasteiger partial charge in [0.25, 0.3) is 0 Å². The monoisotopic (exact) mass is 442 g/mol. The third kappa shape index (κ3) is 6.47. The highest BCUT2D eigenvalue weighted by atomic mass is 16.5. The molecule has 1 aliphatic heterocycles. The summed E-state index contributed by atoms with van der Waals surface area (Å²) in [5, 5.41) is 16.6. The summed E-state index contributed by atoms with van der Waals surface area (Å²) in [6, 6.07) is 2.01. The first-order valence-electron chi connectivity index (χ1n) is 11.3. The standard InChI is InChI=1S/C23H34N6O3/c1-23(2,22-27-21(14-31-3)28-32-22)15-25-10-17-5-4-6-18(7-17)12-29-16-26-11-20(29)8-19(9-24)13-30/h8,13,16-19,25H,4-7,10-12,14-15H2,1-3H3/b20-8+. The van der Waals surface area contributed by atoms with Crippen molar-refractivity contribution in [2.24, 2.45) is 22.7 Å². The fourth-order valence-corrected chi connectivity index (χ4v) is 4.44. The van der Waals surface area contributed by atoms with Crippen LogP contribution in [0, 0.1) is 29.1 Å². The number of aromatic nitrogens is 2. The van der Waals surface area contributed by atoms with Crippen LogP contribution in [0.2, 0.25) is 0 Å². The molecule has 2 aliphatic rings. The second kappa shape index (κ2) is 11.3. The van der Waals surface area contributed by atoms with Gasteiger partial charge in [-0.1, -0.05) is 11.6 Å². The van der Waals surface area contributed by atoms with Crippen molar-refractivity contribution in [2.45, 2.75) is 51.6 Å². The van der Waals surface area contributed by atoms with Gasteiger partial charge >= 0.3 is 0 Å². The van der Waals surface area contributed by atoms with E-state index in [0.29, 0.717) is 43.0 Å². The van der Waals surface area contributed by atoms with Crippen LogP contribution in [0.3, 0.4) is 0 Å². The number of carbonyl (C=O) groups is 1. The largest absolute Gasteiger partial charge is 0.377 e. The molecule has 0 spiro atoms. The lowest BCUT2D eigenvalue weighted by Gasteiger charge is -2.33. The van der Waals surface area contributed by atoms with Crippen molar-refractivity contribution in [3.05, 3.63) is 23.5 Å². The molecule has 1 aromatic heterocycles. The Labute approximate surface area is 189 Å². The summed E-state index contributed by atoms with van der Waals surface area (Å²) >= 11 is 0. The van der Waals surface area contributed by atoms with Gasteiger partial charge in [-0.25, -0.2) is 0 Å². The lowest BCUT2D eigenvalue weighted by molar-refractivity contribution is -0.108. The molecule has 1 fully saturated rings. The van der Waals surface area contributed by atoms with Gasteiger partial charge in [0.05, 0.1) is 24.4 Å². The molecule has 1 N–H and O–H groups in total. The maximum atomic E-state index is 11.0. The van der Waals surface area contributed by atoms with Crippen molar-refractivity contribution in [1.82, 2.24) is 20.4 Å². The molecule has 0 aromatic carbocycles. The van der Waals surface area contributed by atoms with E-state index in [1.807, 2.05) is 12.4 Å². The summed E-state index contributed by atoms with van der Waals surface area (Å²) in [5.74, 6) is 1.67. The fraction of sp³-hybridized carbons (Fsp3) is 0.696. The second-order valence-corrected chi connectivity index (χ2v) is 9.42. The zero-order valence-electron chi connectivity index (χ0n) is 19.3. The fourth-order valence-electron chi connectivity index (χ4n) is 4.44. The van der Waals surface area contributed by atoms with Gasteiger partial charge in [-0.15, -0.1) is 0 Å². The molecule has 9 nitrogen and oxygen atoms in total. The number of carbonyl (C=O) groups excluding carboxylic acids is 1. The first-order chi connectivity index (χ1) is 15.4. The molecule has 2 heterocycles. The number of allylic oxidation sites excluding steroid dienone is 1. The summed E-state index contributed by atoms with van der Waals surface area (Å²) in [4.78, 5) is 21.9. The molecule has 32 heavy (non-hydrogen) atoms. The Morgan fingerprint density at radius 3 is 3.00 bits per heavy atom. The molecule has 0 saturated heterocycles. The summed E-state index contributed by atoms with van der Waals surface area (Å²) in [5.41, 5.74) is 0.701. The van der Waals surface area contributed by atoms with Gasteiger partial charge < -0.3 is 24.3 Å². The zero-order chi connectivity index (χ0) is 23.0. The van der Waals surface area contributed by atoms with Gasteiger partial charge in [0.1, 0.15) is 18.8 Å². The van der Waals surface area contributed by atoms with Crippen molar-refractivity contribution in [3.63, 3.8) is 0 Å². The Morgan fingerprint density at radius 1 is 1.44 bits per heavy atom. The smallest absolute Gasteiger partial charge is 0.233 e. The maximum Gasteiger partial charge on any atom is 0.233 e. The van der Waals surface area contributed by atoms with Crippen molar-refractivity contribution < 1.29 is 14.1 Å². The molecular weight excluding hydrogens is 408 g/mol. The van der Waals surface area contributed by atoms with Crippen LogP contribution in [0.25, 0.3) is 0 Å². The molecule has 3 atom stereocenters. The minimum atomic E-state index is -0.703. The molecule has 1 aromatic rings. The number of nitrogens with one attached hydrogen (secondary N) is 1. The van der Waals surface area contributed by atoms with Crippen LogP contribution in [-0.2, 0) is 21.6 Å². The summed E-state index contributed by atoms with van der Waals surface area (Å²) in [6.07, 6.45) is 9.04. The third-order valence-electron chi connectivity index (χ3n) is 6.18. The number of methoxy groups -OCH3 is 1. The second-order valence-electron chi connectivity index (χ2n) is 9.42. The summed E-state index contributed by atoms with van der Waals surface area (Å²) in [6.45, 7) is 7.69. The van der Waals surface area contributed by atoms with E-state index in [-0.39, 0.29) is 5.41 Å². The molecule has 1 saturated carbocycles. The average molecular weight is 443 g/mol. The van der Waals surface area contributed by atoms with E-state index >= 15 is 0 Å². The quantitative estimate of drug-likeness (QED) is 0.520. The van der Waals surface area contributed by atoms with Crippen LogP contribution in [0.5, 0.6) is 0 Å². The molecular formula is C23H34N6O3. The minimum absolute atomic E-state index is 0.255. The Bertz CT molecular complexity index is 856. The van der Waals surface area contributed by atoms with E-state index in [1.165, 1.54) is 19.3 Å². The van der Waals surface area contributed by atoms with Crippen LogP contribution < -0.4 is 5.32 Å². The maximum absolute atomic E-state index is 11.0. The van der Waals surface area contributed by atoms with Crippen LogP contribution in [0.15, 0.2) is 21.3 Å². The Kier molecular flexibility index (Phi) is 8.53. The van der Waals surface area contributed by atoms with Crippen LogP contribution in [-0.4, -0.2) is 61.0 Å². The SMILES string of the molecule is COCc1noc(C(C)(C)CNCC2CCCC(CN3C=NC/C3=C\C(C#N)C=O)C2)n1. The number of nitrogens with zero attached hydrogens (tertiary/aromatic N) is 5. The molecule has 0 amide bonds. The molecule has 1 aliphatic carbocycles. The normalized spacial score (nSPS) is 23.4. The molecule has 3 rings (SSSR count). The highest BCUT2D eigenvalue weighted by molar-refractivity contribution is 5.65. The number of hydrogen-bond donors (Lipinski definition) is 1. The highest BCUT2D eigenvalue weighted by Gasteiger charge is 2.29. The van der Waals surface area contributed by atoms with E-state index in [4.69, 9.17) is 14.5 Å². The van der Waals surface area contributed by atoms with E-state index in [0.717, 1.165) is 31.8 Å². The Morgan fingerprint density at radius 2 is 2.25 bits per heavy atom. The Balaban J connectivity index is 1.47. The predicted molar refractivity (Wildman–Crippen MR) is 120 cm³/mol. The first-order valence-corrected chi connectivity index (χ1v) is 11.3. The van der Waals surface area contributed by atoms with Gasteiger partial charge in [-0.2, -0.15) is 10.2 Å². The van der Waals surface area contributed by atoms with Crippen molar-refractivity contribution in [2.75, 3.05) is 33.3 Å². The lowest BCUT2D eigenvalue weighted by atomic mass is 9.81. The highest BCUT2D eigenvalue weighted by Crippen LogP contribution is 2.31. The number of aliphatic imine (C=N–C) groups is 1. The topological polar surface area (TPSA) is 117 Å². The van der Waals surface area contributed by atoms with Gasteiger partial charge in [-0.05, 0) is 57.6 Å². The van der Waals surface area contributed by atoms with E-state index in [2.05, 4.69) is 39.2 Å². The minimum Gasteiger partial charge on any atom is -0.377 e. The van der Waals surface area contributed by atoms with Gasteiger partial charge in [0.2, 0.25) is 5.89 Å². The number of rotatable bonds is 11. The molecule has 174 valence electrons. The average Bonchev–Trinajstić information content (AvgIpc) is 3.42. The number of aldehydes is 1. The van der Waals surface area contributed by atoms with Gasteiger partial charge in [0.15, 0.2) is 5.82 Å². The molecule has 3 unspecified atom stereocenters. The summed E-state index contributed by atoms with van der Waals surface area (Å²) in [7, 11) is 1.61. The van der Waals surface area contributed by atoms with E-state index < -0.39 is 5.92 Å². The van der Waals surface area contributed by atoms with Crippen molar-refractivity contribution >= 4 is 12.6 Å². The van der Waals surface area contributed by atoms with Crippen molar-refractivity contribution in [1.29, 1.82) is 5.26 Å². The van der Waals surface area contributed by atoms with Crippen molar-refractivity contribution in [3.8, 4) is 6.07 Å². The molecule has 9 heteroatoms. The third-order valence-corrected chi connectivity index (χ3v) is 6.18. The van der Waals surface area contributed by atoms with E-state index in [9.17, 15) is 4.79 Å². The zero-order valence-corrected chi connectivity index (χ0v) is 19.3. The number of ether oxygens (including phenoxy) is 1. The van der Waals surface area contributed by atoms with Gasteiger partial charge in [-0.3, -0.25) is 4.99 Å². The first kappa shape index (κ1) is 24.1. The molecule has 0 radical (unpaired) electrons. The lowest BCUT2D eigenvalue weighted by Crippen LogP contribution is -2.38. The van der Waals surface area contributed by atoms with Crippen LogP contribution in [0.1, 0.15) is 51.2 Å². The summed E-state index contributed by atoms with van der Waals surface area (Å²) < 4.78 is 10.5. The van der Waals surface area contributed by atoms with Gasteiger partial charge in [0, 0.05) is 25.9 Å².